The fraction of sp³-hybridized carbons (Fsp3) is 0.0800. The number of rotatable bonds is 5. The molecule has 0 atom stereocenters. The van der Waals surface area contributed by atoms with Crippen LogP contribution in [-0.2, 0) is 11.4 Å². The average Bonchev–Trinajstić information content (AvgIpc) is 3.12. The van der Waals surface area contributed by atoms with Gasteiger partial charge in [0.1, 0.15) is 12.4 Å². The molecule has 1 saturated heterocycles. The van der Waals surface area contributed by atoms with E-state index in [1.54, 1.807) is 30.3 Å². The summed E-state index contributed by atoms with van der Waals surface area (Å²) in [6, 6.07) is 24.4. The molecule has 154 valence electrons. The van der Waals surface area contributed by atoms with Gasteiger partial charge in [-0.15, -0.1) is 0 Å². The summed E-state index contributed by atoms with van der Waals surface area (Å²) >= 11 is 1.15. The van der Waals surface area contributed by atoms with Crippen molar-refractivity contribution in [1.82, 2.24) is 5.32 Å². The number of aryl methyl sites for hydroxylation is 1. The maximum Gasteiger partial charge on any atom is 0.279 e. The van der Waals surface area contributed by atoms with Crippen LogP contribution in [0.1, 0.15) is 27.0 Å². The highest BCUT2D eigenvalue weighted by Gasteiger charge is 2.24. The summed E-state index contributed by atoms with van der Waals surface area (Å²) in [5.74, 6) is 0.0899. The molecule has 0 saturated carbocycles. The van der Waals surface area contributed by atoms with Crippen molar-refractivity contribution in [3.8, 4) is 5.75 Å². The van der Waals surface area contributed by atoms with Gasteiger partial charge in [0.15, 0.2) is 5.17 Å². The van der Waals surface area contributed by atoms with Gasteiger partial charge in [-0.3, -0.25) is 9.59 Å². The summed E-state index contributed by atoms with van der Waals surface area (Å²) in [5, 5.41) is 2.92. The molecule has 0 unspecified atom stereocenters. The topological polar surface area (TPSA) is 67.8 Å². The number of thioether (sulfide) groups is 1. The molecule has 1 N–H and O–H groups in total. The maximum absolute atomic E-state index is 12.2. The normalized spacial score (nSPS) is 15.8. The molecule has 0 bridgehead atoms. The van der Waals surface area contributed by atoms with Crippen LogP contribution in [0, 0.1) is 6.92 Å². The molecule has 1 aliphatic heterocycles. The number of ether oxygens (including phenoxy) is 1. The van der Waals surface area contributed by atoms with Gasteiger partial charge in [-0.1, -0.05) is 60.2 Å². The van der Waals surface area contributed by atoms with Gasteiger partial charge in [0.25, 0.3) is 11.8 Å². The van der Waals surface area contributed by atoms with Gasteiger partial charge in [-0.25, -0.2) is 0 Å². The van der Waals surface area contributed by atoms with Crippen molar-refractivity contribution in [1.29, 1.82) is 0 Å². The lowest BCUT2D eigenvalue weighted by molar-refractivity contribution is -0.115. The number of nitrogens with zero attached hydrogens (tertiary/aromatic N) is 1. The Morgan fingerprint density at radius 3 is 2.55 bits per heavy atom. The zero-order valence-electron chi connectivity index (χ0n) is 16.9. The minimum Gasteiger partial charge on any atom is -0.489 e. The zero-order chi connectivity index (χ0) is 21.6. The minimum absolute atomic E-state index is 0.274. The molecular weight excluding hydrogens is 408 g/mol. The first-order chi connectivity index (χ1) is 15.1. The van der Waals surface area contributed by atoms with Crippen LogP contribution in [0.15, 0.2) is 88.8 Å². The number of amides is 2. The van der Waals surface area contributed by atoms with Crippen molar-refractivity contribution >= 4 is 34.8 Å². The molecule has 6 heteroatoms. The monoisotopic (exact) mass is 428 g/mol. The lowest BCUT2D eigenvalue weighted by Gasteiger charge is -2.07. The van der Waals surface area contributed by atoms with Crippen molar-refractivity contribution < 1.29 is 14.3 Å². The van der Waals surface area contributed by atoms with Crippen LogP contribution in [-0.4, -0.2) is 17.0 Å². The minimum atomic E-state index is -0.389. The number of amidine groups is 1. The summed E-state index contributed by atoms with van der Waals surface area (Å²) < 4.78 is 5.83. The molecule has 0 aromatic heterocycles. The third kappa shape index (κ3) is 5.49. The molecular formula is C25H20N2O3S. The van der Waals surface area contributed by atoms with E-state index in [4.69, 9.17) is 4.74 Å². The Morgan fingerprint density at radius 2 is 1.81 bits per heavy atom. The predicted octanol–water partition coefficient (Wildman–Crippen LogP) is 4.97. The maximum atomic E-state index is 12.2. The van der Waals surface area contributed by atoms with Crippen molar-refractivity contribution in [2.75, 3.05) is 0 Å². The van der Waals surface area contributed by atoms with Gasteiger partial charge in [0.2, 0.25) is 0 Å². The lowest BCUT2D eigenvalue weighted by Crippen LogP contribution is -2.20. The highest BCUT2D eigenvalue weighted by atomic mass is 32.2. The van der Waals surface area contributed by atoms with Gasteiger partial charge in [0, 0.05) is 5.56 Å². The Balaban J connectivity index is 1.39. The zero-order valence-corrected chi connectivity index (χ0v) is 17.7. The molecule has 1 aliphatic rings. The van der Waals surface area contributed by atoms with E-state index < -0.39 is 0 Å². The number of carbonyl (C=O) groups excluding carboxylic acids is 2. The van der Waals surface area contributed by atoms with Crippen molar-refractivity contribution in [2.24, 2.45) is 4.99 Å². The first kappa shape index (κ1) is 20.6. The van der Waals surface area contributed by atoms with E-state index in [2.05, 4.69) is 29.4 Å². The molecule has 31 heavy (non-hydrogen) atoms. The summed E-state index contributed by atoms with van der Waals surface area (Å²) in [6.07, 6.45) is 1.76. The number of hydrogen-bond acceptors (Lipinski definition) is 4. The smallest absolute Gasteiger partial charge is 0.279 e. The molecule has 4 rings (SSSR count). The standard InChI is InChI=1S/C25H20N2O3S/c1-17-6-5-7-19(14-17)16-30-21-12-10-18(11-13-21)15-22-24(29)27-25(31-22)26-23(28)20-8-3-2-4-9-20/h2-15H,16H2,1H3,(H,26,27,28,29)/b22-15-. The third-order valence-corrected chi connectivity index (χ3v) is 5.45. The van der Waals surface area contributed by atoms with Crippen LogP contribution in [0.4, 0.5) is 0 Å². The van der Waals surface area contributed by atoms with E-state index in [1.807, 2.05) is 42.5 Å². The molecule has 3 aromatic carbocycles. The van der Waals surface area contributed by atoms with Crippen molar-refractivity contribution in [3.63, 3.8) is 0 Å². The second-order valence-electron chi connectivity index (χ2n) is 7.00. The summed E-state index contributed by atoms with van der Waals surface area (Å²) in [7, 11) is 0. The summed E-state index contributed by atoms with van der Waals surface area (Å²) in [5.41, 5.74) is 3.64. The highest BCUT2D eigenvalue weighted by Crippen LogP contribution is 2.27. The van der Waals surface area contributed by atoms with Gasteiger partial charge in [-0.2, -0.15) is 4.99 Å². The molecule has 3 aromatic rings. The van der Waals surface area contributed by atoms with Crippen LogP contribution in [0.5, 0.6) is 5.75 Å². The molecule has 0 spiro atoms. The molecule has 2 amide bonds. The molecule has 1 fully saturated rings. The first-order valence-corrected chi connectivity index (χ1v) is 10.6. The van der Waals surface area contributed by atoms with Crippen molar-refractivity contribution in [2.45, 2.75) is 13.5 Å². The number of nitrogens with one attached hydrogen (secondary N) is 1. The van der Waals surface area contributed by atoms with Crippen LogP contribution < -0.4 is 10.1 Å². The van der Waals surface area contributed by atoms with E-state index >= 15 is 0 Å². The Bertz CT molecular complexity index is 1170. The second-order valence-corrected chi connectivity index (χ2v) is 8.03. The fourth-order valence-electron chi connectivity index (χ4n) is 3.00. The Labute approximate surface area is 184 Å². The van der Waals surface area contributed by atoms with Gasteiger partial charge in [0.05, 0.1) is 4.91 Å². The van der Waals surface area contributed by atoms with E-state index in [9.17, 15) is 9.59 Å². The van der Waals surface area contributed by atoms with E-state index in [1.165, 1.54) is 5.56 Å². The Morgan fingerprint density at radius 1 is 1.03 bits per heavy atom. The first-order valence-electron chi connectivity index (χ1n) is 9.74. The summed E-state index contributed by atoms with van der Waals surface area (Å²) in [4.78, 5) is 28.9. The molecule has 0 radical (unpaired) electrons. The summed E-state index contributed by atoms with van der Waals surface area (Å²) in [6.45, 7) is 2.55. The quantitative estimate of drug-likeness (QED) is 0.583. The van der Waals surface area contributed by atoms with Crippen LogP contribution in [0.2, 0.25) is 0 Å². The van der Waals surface area contributed by atoms with E-state index in [0.29, 0.717) is 17.1 Å². The van der Waals surface area contributed by atoms with Crippen LogP contribution in [0.25, 0.3) is 6.08 Å². The van der Waals surface area contributed by atoms with Crippen LogP contribution >= 0.6 is 11.8 Å². The number of carbonyl (C=O) groups is 2. The highest BCUT2D eigenvalue weighted by molar-refractivity contribution is 8.18. The van der Waals surface area contributed by atoms with Gasteiger partial charge < -0.3 is 10.1 Å². The van der Waals surface area contributed by atoms with Crippen molar-refractivity contribution in [3.05, 3.63) is 106 Å². The number of hydrogen-bond donors (Lipinski definition) is 1. The van der Waals surface area contributed by atoms with E-state index in [0.717, 1.165) is 28.6 Å². The van der Waals surface area contributed by atoms with Crippen LogP contribution in [0.3, 0.4) is 0 Å². The predicted molar refractivity (Wildman–Crippen MR) is 124 cm³/mol. The lowest BCUT2D eigenvalue weighted by atomic mass is 10.1. The number of aliphatic imine (C=N–C) groups is 1. The second kappa shape index (κ2) is 9.45. The van der Waals surface area contributed by atoms with E-state index in [-0.39, 0.29) is 17.0 Å². The Hall–Kier alpha value is -3.64. The third-order valence-electron chi connectivity index (χ3n) is 4.54. The van der Waals surface area contributed by atoms with Gasteiger partial charge >= 0.3 is 0 Å². The molecule has 5 nitrogen and oxygen atoms in total. The molecule has 0 aliphatic carbocycles. The average molecular weight is 429 g/mol. The molecule has 1 heterocycles. The largest absolute Gasteiger partial charge is 0.489 e. The SMILES string of the molecule is Cc1cccc(COc2ccc(/C=C3\SC(=NC(=O)c4ccccc4)NC3=O)cc2)c1. The van der Waals surface area contributed by atoms with Gasteiger partial charge in [-0.05, 0) is 60.2 Å². The Kier molecular flexibility index (Phi) is 6.29. The fourth-order valence-corrected chi connectivity index (χ4v) is 3.82. The number of benzene rings is 3.